The summed E-state index contributed by atoms with van der Waals surface area (Å²) in [6, 6.07) is 9.44. The van der Waals surface area contributed by atoms with Crippen molar-refractivity contribution in [3.8, 4) is 5.75 Å². The molecule has 16 heavy (non-hydrogen) atoms. The summed E-state index contributed by atoms with van der Waals surface area (Å²) in [4.78, 5) is 0. The van der Waals surface area contributed by atoms with Crippen molar-refractivity contribution in [2.75, 3.05) is 12.3 Å². The van der Waals surface area contributed by atoms with Gasteiger partial charge in [-0.05, 0) is 25.1 Å². The average Bonchev–Trinajstić information content (AvgIpc) is 2.64. The number of hydrogen-bond donors (Lipinski definition) is 2. The third-order valence-electron chi connectivity index (χ3n) is 2.24. The smallest absolute Gasteiger partial charge is 0.121 e. The third-order valence-corrected chi connectivity index (χ3v) is 2.24. The Bertz CT molecular complexity index is 465. The highest BCUT2D eigenvalue weighted by Crippen LogP contribution is 2.14. The van der Waals surface area contributed by atoms with Gasteiger partial charge in [-0.15, -0.1) is 0 Å². The summed E-state index contributed by atoms with van der Waals surface area (Å²) >= 11 is 0. The van der Waals surface area contributed by atoms with E-state index in [0.717, 1.165) is 23.6 Å². The van der Waals surface area contributed by atoms with Crippen molar-refractivity contribution in [3.63, 3.8) is 0 Å². The SMILES string of the molecule is Cc1cc(CCOc2cccc(N)c2)n[nH]1. The number of rotatable bonds is 4. The monoisotopic (exact) mass is 217 g/mol. The number of aromatic amines is 1. The topological polar surface area (TPSA) is 63.9 Å². The Morgan fingerprint density at radius 3 is 2.94 bits per heavy atom. The fourth-order valence-electron chi connectivity index (χ4n) is 1.48. The number of hydrogen-bond acceptors (Lipinski definition) is 3. The first kappa shape index (κ1) is 10.5. The van der Waals surface area contributed by atoms with Crippen LogP contribution < -0.4 is 10.5 Å². The second-order valence-corrected chi connectivity index (χ2v) is 3.71. The summed E-state index contributed by atoms with van der Waals surface area (Å²) in [5, 5.41) is 7.04. The summed E-state index contributed by atoms with van der Waals surface area (Å²) in [6.07, 6.45) is 0.791. The molecule has 4 nitrogen and oxygen atoms in total. The molecule has 0 radical (unpaired) electrons. The van der Waals surface area contributed by atoms with E-state index in [1.54, 1.807) is 0 Å². The maximum absolute atomic E-state index is 5.65. The molecule has 1 aromatic carbocycles. The number of H-pyrrole nitrogens is 1. The van der Waals surface area contributed by atoms with Crippen LogP contribution >= 0.6 is 0 Å². The summed E-state index contributed by atoms with van der Waals surface area (Å²) in [7, 11) is 0. The van der Waals surface area contributed by atoms with Gasteiger partial charge in [0.15, 0.2) is 0 Å². The Kier molecular flexibility index (Phi) is 3.10. The van der Waals surface area contributed by atoms with E-state index in [1.165, 1.54) is 0 Å². The Morgan fingerprint density at radius 2 is 2.25 bits per heavy atom. The standard InChI is InChI=1S/C12H15N3O/c1-9-7-11(15-14-9)5-6-16-12-4-2-3-10(13)8-12/h2-4,7-8H,5-6,13H2,1H3,(H,14,15). The quantitative estimate of drug-likeness (QED) is 0.769. The van der Waals surface area contributed by atoms with Gasteiger partial charge in [-0.2, -0.15) is 5.10 Å². The molecule has 0 saturated carbocycles. The van der Waals surface area contributed by atoms with Crippen molar-refractivity contribution >= 4 is 5.69 Å². The fourth-order valence-corrected chi connectivity index (χ4v) is 1.48. The van der Waals surface area contributed by atoms with Gasteiger partial charge in [-0.1, -0.05) is 6.07 Å². The molecule has 1 aromatic heterocycles. The molecule has 0 aliphatic carbocycles. The molecule has 84 valence electrons. The number of nitrogens with one attached hydrogen (secondary N) is 1. The summed E-state index contributed by atoms with van der Waals surface area (Å²) < 4.78 is 5.57. The first-order chi connectivity index (χ1) is 7.74. The van der Waals surface area contributed by atoms with E-state index >= 15 is 0 Å². The molecule has 0 aliphatic rings. The van der Waals surface area contributed by atoms with Crippen molar-refractivity contribution in [1.82, 2.24) is 10.2 Å². The van der Waals surface area contributed by atoms with Crippen LogP contribution in [0.4, 0.5) is 5.69 Å². The molecule has 0 fully saturated rings. The third kappa shape index (κ3) is 2.76. The van der Waals surface area contributed by atoms with Crippen LogP contribution in [0, 0.1) is 6.92 Å². The molecule has 2 aromatic rings. The highest BCUT2D eigenvalue weighted by molar-refractivity contribution is 5.43. The molecule has 0 spiro atoms. The van der Waals surface area contributed by atoms with Crippen molar-refractivity contribution in [1.29, 1.82) is 0 Å². The normalized spacial score (nSPS) is 10.3. The van der Waals surface area contributed by atoms with Crippen molar-refractivity contribution in [2.45, 2.75) is 13.3 Å². The molecule has 0 unspecified atom stereocenters. The molecule has 3 N–H and O–H groups in total. The van der Waals surface area contributed by atoms with Gasteiger partial charge in [0, 0.05) is 23.9 Å². The second-order valence-electron chi connectivity index (χ2n) is 3.71. The van der Waals surface area contributed by atoms with Crippen LogP contribution in [-0.4, -0.2) is 16.8 Å². The minimum absolute atomic E-state index is 0.605. The van der Waals surface area contributed by atoms with Gasteiger partial charge in [0.05, 0.1) is 12.3 Å². The lowest BCUT2D eigenvalue weighted by molar-refractivity contribution is 0.320. The Labute approximate surface area is 94.4 Å². The number of nitrogen functional groups attached to an aromatic ring is 1. The minimum atomic E-state index is 0.605. The average molecular weight is 217 g/mol. The molecule has 0 bridgehead atoms. The van der Waals surface area contributed by atoms with Crippen LogP contribution in [-0.2, 0) is 6.42 Å². The van der Waals surface area contributed by atoms with Crippen LogP contribution in [0.2, 0.25) is 0 Å². The van der Waals surface area contributed by atoms with Crippen LogP contribution in [0.3, 0.4) is 0 Å². The predicted molar refractivity (Wildman–Crippen MR) is 63.4 cm³/mol. The molecule has 0 aliphatic heterocycles. The molecular formula is C12H15N3O. The number of aromatic nitrogens is 2. The molecule has 0 atom stereocenters. The Hall–Kier alpha value is -1.97. The lowest BCUT2D eigenvalue weighted by Gasteiger charge is -2.05. The van der Waals surface area contributed by atoms with Gasteiger partial charge in [-0.25, -0.2) is 0 Å². The van der Waals surface area contributed by atoms with E-state index in [1.807, 2.05) is 37.3 Å². The molecule has 1 heterocycles. The van der Waals surface area contributed by atoms with E-state index in [-0.39, 0.29) is 0 Å². The lowest BCUT2D eigenvalue weighted by Crippen LogP contribution is -2.01. The van der Waals surface area contributed by atoms with Crippen molar-refractivity contribution < 1.29 is 4.74 Å². The Balaban J connectivity index is 1.84. The van der Waals surface area contributed by atoms with Crippen molar-refractivity contribution in [3.05, 3.63) is 41.7 Å². The highest BCUT2D eigenvalue weighted by Gasteiger charge is 1.99. The van der Waals surface area contributed by atoms with Gasteiger partial charge in [-0.3, -0.25) is 5.10 Å². The molecule has 0 amide bonds. The highest BCUT2D eigenvalue weighted by atomic mass is 16.5. The predicted octanol–water partition coefficient (Wildman–Crippen LogP) is 1.92. The number of aryl methyl sites for hydroxylation is 1. The van der Waals surface area contributed by atoms with Gasteiger partial charge in [0.25, 0.3) is 0 Å². The second kappa shape index (κ2) is 4.70. The van der Waals surface area contributed by atoms with Crippen LogP contribution in [0.15, 0.2) is 30.3 Å². The van der Waals surface area contributed by atoms with Gasteiger partial charge in [0.1, 0.15) is 5.75 Å². The summed E-state index contributed by atoms with van der Waals surface area (Å²) in [5.74, 6) is 0.798. The zero-order chi connectivity index (χ0) is 11.4. The van der Waals surface area contributed by atoms with E-state index in [9.17, 15) is 0 Å². The van der Waals surface area contributed by atoms with E-state index in [0.29, 0.717) is 12.3 Å². The first-order valence-electron chi connectivity index (χ1n) is 5.23. The summed E-state index contributed by atoms with van der Waals surface area (Å²) in [6.45, 7) is 2.59. The maximum atomic E-state index is 5.65. The van der Waals surface area contributed by atoms with E-state index in [4.69, 9.17) is 10.5 Å². The largest absolute Gasteiger partial charge is 0.493 e. The first-order valence-corrected chi connectivity index (χ1v) is 5.23. The number of benzene rings is 1. The van der Waals surface area contributed by atoms with Crippen LogP contribution in [0.25, 0.3) is 0 Å². The van der Waals surface area contributed by atoms with Crippen LogP contribution in [0.1, 0.15) is 11.4 Å². The van der Waals surface area contributed by atoms with Gasteiger partial charge < -0.3 is 10.5 Å². The number of anilines is 1. The van der Waals surface area contributed by atoms with Crippen molar-refractivity contribution in [2.24, 2.45) is 0 Å². The van der Waals surface area contributed by atoms with Crippen LogP contribution in [0.5, 0.6) is 5.75 Å². The van der Waals surface area contributed by atoms with E-state index in [2.05, 4.69) is 10.2 Å². The van der Waals surface area contributed by atoms with E-state index < -0.39 is 0 Å². The van der Waals surface area contributed by atoms with Gasteiger partial charge in [0.2, 0.25) is 0 Å². The minimum Gasteiger partial charge on any atom is -0.493 e. The Morgan fingerprint density at radius 1 is 1.38 bits per heavy atom. The lowest BCUT2D eigenvalue weighted by atomic mass is 10.3. The zero-order valence-corrected chi connectivity index (χ0v) is 9.23. The number of nitrogens with two attached hydrogens (primary N) is 1. The summed E-state index contributed by atoms with van der Waals surface area (Å²) in [5.41, 5.74) is 8.45. The molecule has 2 rings (SSSR count). The molecule has 0 saturated heterocycles. The number of nitrogens with zero attached hydrogens (tertiary/aromatic N) is 1. The maximum Gasteiger partial charge on any atom is 0.121 e. The fraction of sp³-hybridized carbons (Fsp3) is 0.250. The molecular weight excluding hydrogens is 202 g/mol. The zero-order valence-electron chi connectivity index (χ0n) is 9.23. The van der Waals surface area contributed by atoms with Gasteiger partial charge >= 0.3 is 0 Å². The number of ether oxygens (including phenoxy) is 1. The molecule has 4 heteroatoms.